The third-order valence-corrected chi connectivity index (χ3v) is 2.26. The molecule has 1 heterocycles. The Kier molecular flexibility index (Phi) is 6.24. The van der Waals surface area contributed by atoms with Gasteiger partial charge in [-0.05, 0) is 12.2 Å². The van der Waals surface area contributed by atoms with Gasteiger partial charge >= 0.3 is 11.9 Å². The highest BCUT2D eigenvalue weighted by molar-refractivity contribution is 5.66. The molecule has 6 nitrogen and oxygen atoms in total. The van der Waals surface area contributed by atoms with Crippen molar-refractivity contribution in [2.75, 3.05) is 13.2 Å². The Bertz CT molecular complexity index is 362. The van der Waals surface area contributed by atoms with Crippen LogP contribution in [0.15, 0.2) is 24.8 Å². The van der Waals surface area contributed by atoms with E-state index < -0.39 is 30.4 Å². The number of ether oxygens (including phenoxy) is 4. The number of hydrogen-bond donors (Lipinski definition) is 0. The van der Waals surface area contributed by atoms with Crippen LogP contribution in [0.2, 0.25) is 0 Å². The summed E-state index contributed by atoms with van der Waals surface area (Å²) in [4.78, 5) is 21.8. The quantitative estimate of drug-likeness (QED) is 0.529. The van der Waals surface area contributed by atoms with Gasteiger partial charge in [-0.2, -0.15) is 0 Å². The van der Waals surface area contributed by atoms with Crippen molar-refractivity contribution in [3.8, 4) is 0 Å². The molecule has 19 heavy (non-hydrogen) atoms. The largest absolute Gasteiger partial charge is 0.463 e. The fourth-order valence-electron chi connectivity index (χ4n) is 1.52. The Balaban J connectivity index is 2.62. The number of carbonyl (C=O) groups excluding carboxylic acids is 2. The van der Waals surface area contributed by atoms with Gasteiger partial charge in [0.25, 0.3) is 0 Å². The predicted octanol–water partition coefficient (Wildman–Crippen LogP) is 0.965. The molecule has 3 atom stereocenters. The average molecular weight is 270 g/mol. The molecule has 0 amide bonds. The average Bonchev–Trinajstić information content (AvgIpc) is 2.35. The maximum Gasteiger partial charge on any atom is 0.303 e. The highest BCUT2D eigenvalue weighted by Crippen LogP contribution is 2.17. The van der Waals surface area contributed by atoms with Crippen molar-refractivity contribution in [2.24, 2.45) is 0 Å². The first-order valence-corrected chi connectivity index (χ1v) is 5.89. The van der Waals surface area contributed by atoms with E-state index in [9.17, 15) is 9.59 Å². The van der Waals surface area contributed by atoms with Crippen molar-refractivity contribution < 1.29 is 28.5 Å². The molecule has 1 aliphatic rings. The topological polar surface area (TPSA) is 71.1 Å². The molecule has 0 aliphatic carbocycles. The monoisotopic (exact) mass is 270 g/mol. The molecule has 0 aromatic carbocycles. The second kappa shape index (κ2) is 7.70. The summed E-state index contributed by atoms with van der Waals surface area (Å²) in [6, 6.07) is 0. The van der Waals surface area contributed by atoms with Crippen LogP contribution in [0.1, 0.15) is 13.8 Å². The predicted molar refractivity (Wildman–Crippen MR) is 66.1 cm³/mol. The third-order valence-electron chi connectivity index (χ3n) is 2.26. The van der Waals surface area contributed by atoms with E-state index in [1.807, 2.05) is 0 Å². The van der Waals surface area contributed by atoms with Crippen molar-refractivity contribution in [3.05, 3.63) is 24.8 Å². The molecule has 0 bridgehead atoms. The Morgan fingerprint density at radius 1 is 1.32 bits per heavy atom. The van der Waals surface area contributed by atoms with E-state index in [4.69, 9.17) is 18.9 Å². The number of hydrogen-bond acceptors (Lipinski definition) is 6. The first kappa shape index (κ1) is 15.4. The van der Waals surface area contributed by atoms with Crippen LogP contribution in [0.5, 0.6) is 0 Å². The molecule has 0 aromatic rings. The van der Waals surface area contributed by atoms with E-state index in [0.717, 1.165) is 0 Å². The second-order valence-electron chi connectivity index (χ2n) is 3.93. The van der Waals surface area contributed by atoms with Crippen LogP contribution < -0.4 is 0 Å². The lowest BCUT2D eigenvalue weighted by Crippen LogP contribution is -2.42. The van der Waals surface area contributed by atoms with Crippen LogP contribution >= 0.6 is 0 Å². The van der Waals surface area contributed by atoms with Crippen LogP contribution in [0.3, 0.4) is 0 Å². The zero-order valence-electron chi connectivity index (χ0n) is 11.0. The Morgan fingerprint density at radius 2 is 2.05 bits per heavy atom. The minimum Gasteiger partial charge on any atom is -0.463 e. The standard InChI is InChI=1S/C13H18O6/c1-4-7-16-13-6-5-11(18-10(3)15)12(19-13)8-17-9(2)14/h4-6,11-13H,1,7-8H2,2-3H3/t11-,12-,13+/m1/s1. The van der Waals surface area contributed by atoms with Gasteiger partial charge in [0.15, 0.2) is 6.29 Å². The number of esters is 2. The smallest absolute Gasteiger partial charge is 0.303 e. The number of rotatable bonds is 6. The minimum atomic E-state index is -0.597. The Morgan fingerprint density at radius 3 is 2.63 bits per heavy atom. The lowest BCUT2D eigenvalue weighted by Gasteiger charge is -2.31. The number of carbonyl (C=O) groups is 2. The van der Waals surface area contributed by atoms with Crippen LogP contribution in [0, 0.1) is 0 Å². The molecule has 0 N–H and O–H groups in total. The van der Waals surface area contributed by atoms with Crippen molar-refractivity contribution in [1.29, 1.82) is 0 Å². The Hall–Kier alpha value is -1.66. The molecule has 6 heteroatoms. The lowest BCUT2D eigenvalue weighted by molar-refractivity contribution is -0.194. The fraction of sp³-hybridized carbons (Fsp3) is 0.538. The second-order valence-corrected chi connectivity index (χ2v) is 3.93. The van der Waals surface area contributed by atoms with Crippen molar-refractivity contribution in [1.82, 2.24) is 0 Å². The van der Waals surface area contributed by atoms with Gasteiger partial charge in [0.1, 0.15) is 18.8 Å². The summed E-state index contributed by atoms with van der Waals surface area (Å²) in [5.74, 6) is -0.861. The van der Waals surface area contributed by atoms with Crippen LogP contribution in [0.4, 0.5) is 0 Å². The van der Waals surface area contributed by atoms with Crippen molar-refractivity contribution >= 4 is 11.9 Å². The Labute approximate surface area is 112 Å². The zero-order valence-corrected chi connectivity index (χ0v) is 11.0. The van der Waals surface area contributed by atoms with Gasteiger partial charge in [-0.1, -0.05) is 6.08 Å². The summed E-state index contributed by atoms with van der Waals surface area (Å²) in [6.07, 6.45) is 3.13. The molecule has 1 rings (SSSR count). The van der Waals surface area contributed by atoms with Gasteiger partial charge in [-0.15, -0.1) is 6.58 Å². The molecule has 0 fully saturated rings. The summed E-state index contributed by atoms with van der Waals surface area (Å²) in [5.41, 5.74) is 0. The van der Waals surface area contributed by atoms with Gasteiger partial charge < -0.3 is 18.9 Å². The lowest BCUT2D eigenvalue weighted by atomic mass is 10.1. The van der Waals surface area contributed by atoms with Gasteiger partial charge in [0, 0.05) is 13.8 Å². The highest BCUT2D eigenvalue weighted by Gasteiger charge is 2.30. The fourth-order valence-corrected chi connectivity index (χ4v) is 1.52. The highest BCUT2D eigenvalue weighted by atomic mass is 16.7. The summed E-state index contributed by atoms with van der Waals surface area (Å²) >= 11 is 0. The first-order chi connectivity index (χ1) is 9.02. The normalized spacial score (nSPS) is 25.7. The molecule has 0 aromatic heterocycles. The molecule has 0 unspecified atom stereocenters. The minimum absolute atomic E-state index is 0.00836. The molecule has 106 valence electrons. The summed E-state index contributed by atoms with van der Waals surface area (Å²) in [5, 5.41) is 0. The maximum absolute atomic E-state index is 11.0. The molecule has 0 saturated carbocycles. The summed E-state index contributed by atoms with van der Waals surface area (Å²) in [6.45, 7) is 6.45. The van der Waals surface area contributed by atoms with Gasteiger partial charge in [-0.3, -0.25) is 9.59 Å². The summed E-state index contributed by atoms with van der Waals surface area (Å²) < 4.78 is 20.8. The van der Waals surface area contributed by atoms with Crippen molar-refractivity contribution in [2.45, 2.75) is 32.3 Å². The van der Waals surface area contributed by atoms with E-state index >= 15 is 0 Å². The van der Waals surface area contributed by atoms with E-state index in [0.29, 0.717) is 6.61 Å². The molecule has 0 radical (unpaired) electrons. The molecular weight excluding hydrogens is 252 g/mol. The van der Waals surface area contributed by atoms with E-state index in [1.54, 1.807) is 18.2 Å². The molecule has 0 saturated heterocycles. The molecular formula is C13H18O6. The van der Waals surface area contributed by atoms with Gasteiger partial charge in [0.05, 0.1) is 6.61 Å². The van der Waals surface area contributed by atoms with E-state index in [-0.39, 0.29) is 6.61 Å². The van der Waals surface area contributed by atoms with Crippen molar-refractivity contribution in [3.63, 3.8) is 0 Å². The van der Waals surface area contributed by atoms with E-state index in [1.165, 1.54) is 13.8 Å². The third kappa shape index (κ3) is 5.67. The molecule has 0 spiro atoms. The first-order valence-electron chi connectivity index (χ1n) is 5.89. The van der Waals surface area contributed by atoms with Crippen LogP contribution in [0.25, 0.3) is 0 Å². The van der Waals surface area contributed by atoms with Gasteiger partial charge in [0.2, 0.25) is 0 Å². The van der Waals surface area contributed by atoms with E-state index in [2.05, 4.69) is 6.58 Å². The SMILES string of the molecule is C=CCO[C@@H]1C=C[C@@H](OC(C)=O)[C@@H](COC(C)=O)O1. The summed E-state index contributed by atoms with van der Waals surface area (Å²) in [7, 11) is 0. The maximum atomic E-state index is 11.0. The molecule has 1 aliphatic heterocycles. The van der Waals surface area contributed by atoms with Gasteiger partial charge in [-0.25, -0.2) is 0 Å². The zero-order chi connectivity index (χ0) is 14.3. The van der Waals surface area contributed by atoms with Crippen LogP contribution in [-0.4, -0.2) is 43.7 Å². The van der Waals surface area contributed by atoms with Crippen LogP contribution in [-0.2, 0) is 28.5 Å².